The summed E-state index contributed by atoms with van der Waals surface area (Å²) in [5.41, 5.74) is 0. The predicted octanol–water partition coefficient (Wildman–Crippen LogP) is 1.08. The van der Waals surface area contributed by atoms with E-state index >= 15 is 0 Å². The summed E-state index contributed by atoms with van der Waals surface area (Å²) in [5, 5.41) is 3.35. The summed E-state index contributed by atoms with van der Waals surface area (Å²) >= 11 is 0. The highest BCUT2D eigenvalue weighted by Gasteiger charge is 2.22. The summed E-state index contributed by atoms with van der Waals surface area (Å²) in [6.45, 7) is 7.00. The number of piperidine rings is 1. The van der Waals surface area contributed by atoms with Gasteiger partial charge in [-0.1, -0.05) is 6.92 Å². The number of hydrogen-bond acceptors (Lipinski definition) is 2. The largest absolute Gasteiger partial charge is 0.316 e. The minimum Gasteiger partial charge on any atom is -0.316 e. The third-order valence-corrected chi connectivity index (χ3v) is 2.83. The molecule has 1 N–H and O–H groups in total. The number of rotatable bonds is 2. The van der Waals surface area contributed by atoms with Crippen molar-refractivity contribution >= 4 is 0 Å². The van der Waals surface area contributed by atoms with Crippen molar-refractivity contribution in [2.45, 2.75) is 38.8 Å². The van der Waals surface area contributed by atoms with Gasteiger partial charge < -0.3 is 5.32 Å². The van der Waals surface area contributed by atoms with Crippen molar-refractivity contribution in [1.82, 2.24) is 10.2 Å². The van der Waals surface area contributed by atoms with Gasteiger partial charge in [0.2, 0.25) is 0 Å². The lowest BCUT2D eigenvalue weighted by molar-refractivity contribution is 0.143. The zero-order valence-electron chi connectivity index (χ0n) is 7.93. The third-order valence-electron chi connectivity index (χ3n) is 2.83. The molecule has 2 nitrogen and oxygen atoms in total. The van der Waals surface area contributed by atoms with Crippen molar-refractivity contribution in [3.63, 3.8) is 0 Å². The van der Waals surface area contributed by atoms with Crippen LogP contribution in [0.5, 0.6) is 0 Å². The lowest BCUT2D eigenvalue weighted by atomic mass is 10.00. The molecule has 0 saturated carbocycles. The Balaban J connectivity index is 2.37. The van der Waals surface area contributed by atoms with Crippen LogP contribution in [0.25, 0.3) is 0 Å². The van der Waals surface area contributed by atoms with Crippen LogP contribution < -0.4 is 5.32 Å². The number of likely N-dealkylation sites (tertiary alicyclic amines) is 1. The Morgan fingerprint density at radius 2 is 2.18 bits per heavy atom. The van der Waals surface area contributed by atoms with E-state index in [9.17, 15) is 0 Å². The van der Waals surface area contributed by atoms with E-state index in [4.69, 9.17) is 0 Å². The zero-order chi connectivity index (χ0) is 8.27. The van der Waals surface area contributed by atoms with Gasteiger partial charge in [0.15, 0.2) is 0 Å². The summed E-state index contributed by atoms with van der Waals surface area (Å²) in [7, 11) is 2.06. The maximum absolute atomic E-state index is 3.35. The average Bonchev–Trinajstić information content (AvgIpc) is 2.05. The summed E-state index contributed by atoms with van der Waals surface area (Å²) < 4.78 is 0. The molecule has 0 bridgehead atoms. The van der Waals surface area contributed by atoms with Gasteiger partial charge in [-0.15, -0.1) is 0 Å². The topological polar surface area (TPSA) is 15.3 Å². The van der Waals surface area contributed by atoms with Gasteiger partial charge >= 0.3 is 0 Å². The van der Waals surface area contributed by atoms with Crippen LogP contribution in [-0.2, 0) is 0 Å². The Hall–Kier alpha value is -0.0800. The van der Waals surface area contributed by atoms with Gasteiger partial charge in [0.25, 0.3) is 0 Å². The standard InChI is InChI=1S/C9H20N2/c1-4-11-7-9(10-3)6-5-8(11)2/h8-10H,4-7H2,1-3H3/t8-,9-/m1/s1. The molecule has 0 aromatic rings. The fraction of sp³-hybridized carbons (Fsp3) is 1.00. The van der Waals surface area contributed by atoms with Gasteiger partial charge in [-0.2, -0.15) is 0 Å². The molecule has 0 aliphatic carbocycles. The first-order valence-corrected chi connectivity index (χ1v) is 4.69. The zero-order valence-corrected chi connectivity index (χ0v) is 7.93. The summed E-state index contributed by atoms with van der Waals surface area (Å²) in [5.74, 6) is 0. The van der Waals surface area contributed by atoms with Crippen molar-refractivity contribution in [2.75, 3.05) is 20.1 Å². The van der Waals surface area contributed by atoms with E-state index in [1.807, 2.05) is 0 Å². The highest BCUT2D eigenvalue weighted by Crippen LogP contribution is 2.15. The van der Waals surface area contributed by atoms with Crippen molar-refractivity contribution in [3.05, 3.63) is 0 Å². The van der Waals surface area contributed by atoms with Gasteiger partial charge in [-0.05, 0) is 33.4 Å². The molecule has 1 aliphatic heterocycles. The van der Waals surface area contributed by atoms with Gasteiger partial charge in [-0.3, -0.25) is 4.90 Å². The monoisotopic (exact) mass is 156 g/mol. The summed E-state index contributed by atoms with van der Waals surface area (Å²) in [6, 6.07) is 1.52. The maximum atomic E-state index is 3.35. The molecule has 0 aromatic heterocycles. The molecule has 1 aliphatic rings. The molecule has 11 heavy (non-hydrogen) atoms. The molecule has 66 valence electrons. The quantitative estimate of drug-likeness (QED) is 0.643. The molecule has 0 spiro atoms. The molecule has 0 unspecified atom stereocenters. The van der Waals surface area contributed by atoms with Crippen LogP contribution in [0.1, 0.15) is 26.7 Å². The van der Waals surface area contributed by atoms with Gasteiger partial charge in [0, 0.05) is 18.6 Å². The number of likely N-dealkylation sites (N-methyl/N-ethyl adjacent to an activating group) is 2. The summed E-state index contributed by atoms with van der Waals surface area (Å²) in [6.07, 6.45) is 2.69. The number of nitrogens with one attached hydrogen (secondary N) is 1. The van der Waals surface area contributed by atoms with E-state index < -0.39 is 0 Å². The fourth-order valence-corrected chi connectivity index (χ4v) is 1.86. The Kier molecular flexibility index (Phi) is 3.34. The lowest BCUT2D eigenvalue weighted by Gasteiger charge is -2.37. The fourth-order valence-electron chi connectivity index (χ4n) is 1.86. The van der Waals surface area contributed by atoms with E-state index in [0.29, 0.717) is 0 Å². The first-order chi connectivity index (χ1) is 5.27. The lowest BCUT2D eigenvalue weighted by Crippen LogP contribution is -2.48. The Morgan fingerprint density at radius 1 is 1.45 bits per heavy atom. The smallest absolute Gasteiger partial charge is 0.0192 e. The van der Waals surface area contributed by atoms with Crippen LogP contribution >= 0.6 is 0 Å². The highest BCUT2D eigenvalue weighted by atomic mass is 15.2. The summed E-state index contributed by atoms with van der Waals surface area (Å²) in [4.78, 5) is 2.55. The molecular weight excluding hydrogens is 136 g/mol. The molecule has 2 atom stereocenters. The maximum Gasteiger partial charge on any atom is 0.0192 e. The molecule has 1 saturated heterocycles. The van der Waals surface area contributed by atoms with Crippen molar-refractivity contribution in [1.29, 1.82) is 0 Å². The van der Waals surface area contributed by atoms with Crippen LogP contribution in [0.2, 0.25) is 0 Å². The van der Waals surface area contributed by atoms with Crippen molar-refractivity contribution < 1.29 is 0 Å². The van der Waals surface area contributed by atoms with Crippen molar-refractivity contribution in [3.8, 4) is 0 Å². The Labute approximate surface area is 70.0 Å². The molecule has 0 aromatic carbocycles. The second-order valence-electron chi connectivity index (χ2n) is 3.50. The Bertz CT molecular complexity index is 114. The van der Waals surface area contributed by atoms with E-state index in [1.165, 1.54) is 25.9 Å². The van der Waals surface area contributed by atoms with Crippen molar-refractivity contribution in [2.24, 2.45) is 0 Å². The molecular formula is C9H20N2. The normalized spacial score (nSPS) is 34.1. The third kappa shape index (κ3) is 2.17. The van der Waals surface area contributed by atoms with Crippen LogP contribution in [-0.4, -0.2) is 37.1 Å². The highest BCUT2D eigenvalue weighted by molar-refractivity contribution is 4.81. The molecule has 2 heteroatoms. The average molecular weight is 156 g/mol. The second-order valence-corrected chi connectivity index (χ2v) is 3.50. The minimum atomic E-state index is 0.728. The van der Waals surface area contributed by atoms with E-state index in [1.54, 1.807) is 0 Å². The number of hydrogen-bond donors (Lipinski definition) is 1. The van der Waals surface area contributed by atoms with Crippen LogP contribution in [0, 0.1) is 0 Å². The minimum absolute atomic E-state index is 0.728. The SMILES string of the molecule is CCN1C[C@H](NC)CC[C@H]1C. The molecule has 1 rings (SSSR count). The first kappa shape index (κ1) is 9.01. The predicted molar refractivity (Wildman–Crippen MR) is 48.8 cm³/mol. The molecule has 0 radical (unpaired) electrons. The van der Waals surface area contributed by atoms with E-state index in [2.05, 4.69) is 31.1 Å². The van der Waals surface area contributed by atoms with Crippen LogP contribution in [0.4, 0.5) is 0 Å². The van der Waals surface area contributed by atoms with Crippen LogP contribution in [0.3, 0.4) is 0 Å². The molecule has 1 fully saturated rings. The van der Waals surface area contributed by atoms with Gasteiger partial charge in [-0.25, -0.2) is 0 Å². The van der Waals surface area contributed by atoms with Gasteiger partial charge in [0.1, 0.15) is 0 Å². The van der Waals surface area contributed by atoms with E-state index in [-0.39, 0.29) is 0 Å². The Morgan fingerprint density at radius 3 is 2.73 bits per heavy atom. The molecule has 0 amide bonds. The van der Waals surface area contributed by atoms with Crippen LogP contribution in [0.15, 0.2) is 0 Å². The number of nitrogens with zero attached hydrogens (tertiary/aromatic N) is 1. The molecule has 1 heterocycles. The first-order valence-electron chi connectivity index (χ1n) is 4.69. The second kappa shape index (κ2) is 4.07. The van der Waals surface area contributed by atoms with E-state index in [0.717, 1.165) is 12.1 Å². The van der Waals surface area contributed by atoms with Gasteiger partial charge in [0.05, 0.1) is 0 Å².